The maximum absolute atomic E-state index is 3.34. The zero-order chi connectivity index (χ0) is 8.16. The second-order valence-electron chi connectivity index (χ2n) is 4.22. The van der Waals surface area contributed by atoms with Crippen molar-refractivity contribution in [2.24, 2.45) is 5.41 Å². The summed E-state index contributed by atoms with van der Waals surface area (Å²) in [5.41, 5.74) is 0.660. The fourth-order valence-electron chi connectivity index (χ4n) is 1.71. The normalized spacial score (nSPS) is 21.3. The highest BCUT2D eigenvalue weighted by Crippen LogP contribution is 2.28. The van der Waals surface area contributed by atoms with Crippen LogP contribution in [0.25, 0.3) is 0 Å². The highest BCUT2D eigenvalue weighted by atomic mass is 15.0. The molecule has 1 rings (SSSR count). The summed E-state index contributed by atoms with van der Waals surface area (Å²) in [6.45, 7) is 7.17. The van der Waals surface area contributed by atoms with Crippen LogP contribution in [0, 0.1) is 5.41 Å². The van der Waals surface area contributed by atoms with Crippen molar-refractivity contribution in [1.82, 2.24) is 5.32 Å². The Balaban J connectivity index is 1.94. The van der Waals surface area contributed by atoms with Gasteiger partial charge in [0, 0.05) is 13.1 Å². The average Bonchev–Trinajstić information content (AvgIpc) is 1.95. The summed E-state index contributed by atoms with van der Waals surface area (Å²) in [4.78, 5) is 0. The molecule has 0 amide bonds. The predicted octanol–water partition coefficient (Wildman–Crippen LogP) is 2.57. The lowest BCUT2D eigenvalue weighted by molar-refractivity contribution is 0.174. The third-order valence-corrected chi connectivity index (χ3v) is 2.74. The first kappa shape index (κ1) is 9.05. The average molecular weight is 155 g/mol. The summed E-state index contributed by atoms with van der Waals surface area (Å²) in [6.07, 6.45) is 7.08. The smallest absolute Gasteiger partial charge is 0.00176 e. The Hall–Kier alpha value is -0.0400. The summed E-state index contributed by atoms with van der Waals surface area (Å²) in [5.74, 6) is 0. The van der Waals surface area contributed by atoms with E-state index >= 15 is 0 Å². The molecule has 0 saturated carbocycles. The molecule has 1 heterocycles. The van der Waals surface area contributed by atoms with E-state index in [1.54, 1.807) is 0 Å². The molecule has 0 unspecified atom stereocenters. The molecular formula is C10H21N. The van der Waals surface area contributed by atoms with E-state index in [1.165, 1.54) is 45.2 Å². The van der Waals surface area contributed by atoms with E-state index in [1.807, 2.05) is 0 Å². The summed E-state index contributed by atoms with van der Waals surface area (Å²) in [5, 5.41) is 3.34. The van der Waals surface area contributed by atoms with E-state index < -0.39 is 0 Å². The van der Waals surface area contributed by atoms with Crippen molar-refractivity contribution >= 4 is 0 Å². The molecule has 0 aromatic rings. The Labute approximate surface area is 70.6 Å². The number of nitrogens with one attached hydrogen (secondary N) is 1. The fraction of sp³-hybridized carbons (Fsp3) is 1.00. The summed E-state index contributed by atoms with van der Waals surface area (Å²) < 4.78 is 0. The Bertz CT molecular complexity index is 105. The fourth-order valence-corrected chi connectivity index (χ4v) is 1.71. The minimum atomic E-state index is 0.660. The Kier molecular flexibility index (Phi) is 3.38. The number of hydrogen-bond acceptors (Lipinski definition) is 1. The van der Waals surface area contributed by atoms with Crippen molar-refractivity contribution in [2.75, 3.05) is 13.1 Å². The van der Waals surface area contributed by atoms with Crippen molar-refractivity contribution in [3.05, 3.63) is 0 Å². The zero-order valence-electron chi connectivity index (χ0n) is 7.95. The van der Waals surface area contributed by atoms with Gasteiger partial charge < -0.3 is 5.32 Å². The highest BCUT2D eigenvalue weighted by Gasteiger charge is 2.30. The van der Waals surface area contributed by atoms with Gasteiger partial charge in [0.15, 0.2) is 0 Å². The van der Waals surface area contributed by atoms with Crippen molar-refractivity contribution in [3.8, 4) is 0 Å². The van der Waals surface area contributed by atoms with Gasteiger partial charge in [0.25, 0.3) is 0 Å². The van der Waals surface area contributed by atoms with E-state index in [0.29, 0.717) is 5.41 Å². The third kappa shape index (κ3) is 2.82. The third-order valence-electron chi connectivity index (χ3n) is 2.74. The van der Waals surface area contributed by atoms with Crippen molar-refractivity contribution in [1.29, 1.82) is 0 Å². The first-order valence-electron chi connectivity index (χ1n) is 4.97. The van der Waals surface area contributed by atoms with Crippen LogP contribution in [0.15, 0.2) is 0 Å². The van der Waals surface area contributed by atoms with Gasteiger partial charge in [0.2, 0.25) is 0 Å². The van der Waals surface area contributed by atoms with E-state index in [0.717, 1.165) is 0 Å². The van der Waals surface area contributed by atoms with E-state index in [4.69, 9.17) is 0 Å². The Morgan fingerprint density at radius 2 is 1.91 bits per heavy atom. The van der Waals surface area contributed by atoms with E-state index in [2.05, 4.69) is 19.2 Å². The van der Waals surface area contributed by atoms with Crippen LogP contribution < -0.4 is 5.32 Å². The standard InChI is InChI=1S/C10H21N/c1-3-4-5-6-7-10(2)8-11-9-10/h11H,3-9H2,1-2H3. The molecule has 0 radical (unpaired) electrons. The molecule has 66 valence electrons. The molecule has 0 aromatic heterocycles. The highest BCUT2D eigenvalue weighted by molar-refractivity contribution is 4.87. The van der Waals surface area contributed by atoms with Crippen LogP contribution in [-0.2, 0) is 0 Å². The molecule has 1 aliphatic heterocycles. The topological polar surface area (TPSA) is 12.0 Å². The van der Waals surface area contributed by atoms with Crippen LogP contribution >= 0.6 is 0 Å². The van der Waals surface area contributed by atoms with Gasteiger partial charge in [-0.25, -0.2) is 0 Å². The van der Waals surface area contributed by atoms with Gasteiger partial charge in [-0.2, -0.15) is 0 Å². The molecule has 0 atom stereocenters. The lowest BCUT2D eigenvalue weighted by atomic mass is 9.79. The number of hydrogen-bond donors (Lipinski definition) is 1. The molecule has 1 N–H and O–H groups in total. The van der Waals surface area contributed by atoms with Crippen molar-refractivity contribution in [2.45, 2.75) is 46.0 Å². The van der Waals surface area contributed by atoms with E-state index in [-0.39, 0.29) is 0 Å². The summed E-state index contributed by atoms with van der Waals surface area (Å²) >= 11 is 0. The van der Waals surface area contributed by atoms with Gasteiger partial charge in [-0.15, -0.1) is 0 Å². The van der Waals surface area contributed by atoms with Gasteiger partial charge in [0.1, 0.15) is 0 Å². The SMILES string of the molecule is CCCCCCC1(C)CNC1. The molecule has 1 aliphatic rings. The number of rotatable bonds is 5. The maximum atomic E-state index is 3.34. The second kappa shape index (κ2) is 4.10. The van der Waals surface area contributed by atoms with Crippen molar-refractivity contribution < 1.29 is 0 Å². The molecular weight excluding hydrogens is 134 g/mol. The second-order valence-corrected chi connectivity index (χ2v) is 4.22. The molecule has 0 bridgehead atoms. The zero-order valence-corrected chi connectivity index (χ0v) is 7.95. The maximum Gasteiger partial charge on any atom is 0.00176 e. The molecule has 1 nitrogen and oxygen atoms in total. The van der Waals surface area contributed by atoms with Gasteiger partial charge in [-0.05, 0) is 11.8 Å². The van der Waals surface area contributed by atoms with Crippen LogP contribution in [0.1, 0.15) is 46.0 Å². The number of unbranched alkanes of at least 4 members (excludes halogenated alkanes) is 3. The van der Waals surface area contributed by atoms with Crippen LogP contribution in [0.2, 0.25) is 0 Å². The largest absolute Gasteiger partial charge is 0.316 e. The van der Waals surface area contributed by atoms with Crippen LogP contribution in [-0.4, -0.2) is 13.1 Å². The van der Waals surface area contributed by atoms with Gasteiger partial charge in [-0.1, -0.05) is 39.5 Å². The van der Waals surface area contributed by atoms with Gasteiger partial charge in [0.05, 0.1) is 0 Å². The summed E-state index contributed by atoms with van der Waals surface area (Å²) in [7, 11) is 0. The minimum Gasteiger partial charge on any atom is -0.316 e. The molecule has 0 spiro atoms. The lowest BCUT2D eigenvalue weighted by Crippen LogP contribution is -2.51. The predicted molar refractivity (Wildman–Crippen MR) is 49.7 cm³/mol. The lowest BCUT2D eigenvalue weighted by Gasteiger charge is -2.39. The van der Waals surface area contributed by atoms with E-state index in [9.17, 15) is 0 Å². The first-order chi connectivity index (χ1) is 5.27. The molecule has 0 aromatic carbocycles. The molecule has 1 fully saturated rings. The monoisotopic (exact) mass is 155 g/mol. The molecule has 11 heavy (non-hydrogen) atoms. The van der Waals surface area contributed by atoms with Gasteiger partial charge >= 0.3 is 0 Å². The minimum absolute atomic E-state index is 0.660. The van der Waals surface area contributed by atoms with Crippen LogP contribution in [0.5, 0.6) is 0 Å². The molecule has 1 heteroatoms. The molecule has 0 aliphatic carbocycles. The van der Waals surface area contributed by atoms with Gasteiger partial charge in [-0.3, -0.25) is 0 Å². The quantitative estimate of drug-likeness (QED) is 0.602. The van der Waals surface area contributed by atoms with Crippen molar-refractivity contribution in [3.63, 3.8) is 0 Å². The first-order valence-corrected chi connectivity index (χ1v) is 4.97. The Morgan fingerprint density at radius 3 is 2.36 bits per heavy atom. The Morgan fingerprint density at radius 1 is 1.18 bits per heavy atom. The molecule has 1 saturated heterocycles. The summed E-state index contributed by atoms with van der Waals surface area (Å²) in [6, 6.07) is 0. The van der Waals surface area contributed by atoms with Crippen LogP contribution in [0.3, 0.4) is 0 Å². The van der Waals surface area contributed by atoms with Crippen LogP contribution in [0.4, 0.5) is 0 Å².